The topological polar surface area (TPSA) is 85.1 Å². The first-order valence-electron chi connectivity index (χ1n) is 5.08. The molecule has 0 aliphatic rings. The normalized spacial score (nSPS) is 11.3. The van der Waals surface area contributed by atoms with E-state index in [2.05, 4.69) is 9.71 Å². The number of hydrogen-bond donors (Lipinski definition) is 2. The zero-order valence-corrected chi connectivity index (χ0v) is 11.0. The summed E-state index contributed by atoms with van der Waals surface area (Å²) >= 11 is 5.57. The molecule has 0 aliphatic carbocycles. The zero-order chi connectivity index (χ0) is 14.0. The Kier molecular flexibility index (Phi) is 3.59. The monoisotopic (exact) mass is 301 g/mol. The summed E-state index contributed by atoms with van der Waals surface area (Å²) in [5.74, 6) is -0.649. The van der Waals surface area contributed by atoms with Gasteiger partial charge in [0.25, 0.3) is 10.0 Å². The fourth-order valence-electron chi connectivity index (χ4n) is 1.34. The van der Waals surface area contributed by atoms with Crippen molar-refractivity contribution in [3.05, 3.63) is 47.4 Å². The highest BCUT2D eigenvalue weighted by molar-refractivity contribution is 7.92. The number of pyridine rings is 1. The van der Waals surface area contributed by atoms with E-state index in [4.69, 9.17) is 17.3 Å². The second kappa shape index (κ2) is 5.02. The standard InChI is InChI=1S/C11H9ClFN3O2S/c12-8-2-1-3-9(11(8)13)16-19(17,18)7-4-5-10(14)15-6-7/h1-6,16H,(H2,14,15). The Balaban J connectivity index is 2.36. The number of aromatic nitrogens is 1. The minimum absolute atomic E-state index is 0.124. The van der Waals surface area contributed by atoms with Gasteiger partial charge in [-0.05, 0) is 24.3 Å². The first-order valence-corrected chi connectivity index (χ1v) is 6.94. The molecule has 0 saturated carbocycles. The Morgan fingerprint density at radius 1 is 1.26 bits per heavy atom. The molecule has 0 saturated heterocycles. The number of nitrogens with zero attached hydrogens (tertiary/aromatic N) is 1. The number of nitrogens with two attached hydrogens (primary N) is 1. The van der Waals surface area contributed by atoms with Crippen molar-refractivity contribution in [3.8, 4) is 0 Å². The fraction of sp³-hybridized carbons (Fsp3) is 0. The molecule has 2 aromatic rings. The van der Waals surface area contributed by atoms with E-state index in [9.17, 15) is 12.8 Å². The Morgan fingerprint density at radius 2 is 2.00 bits per heavy atom. The number of rotatable bonds is 3. The Hall–Kier alpha value is -1.86. The van der Waals surface area contributed by atoms with Crippen molar-refractivity contribution in [2.45, 2.75) is 4.90 Å². The average Bonchev–Trinajstić information content (AvgIpc) is 2.35. The molecule has 5 nitrogen and oxygen atoms in total. The van der Waals surface area contributed by atoms with Crippen molar-refractivity contribution < 1.29 is 12.8 Å². The van der Waals surface area contributed by atoms with Crippen LogP contribution in [0, 0.1) is 5.82 Å². The van der Waals surface area contributed by atoms with Crippen LogP contribution >= 0.6 is 11.6 Å². The third kappa shape index (κ3) is 2.94. The first kappa shape index (κ1) is 13.6. The van der Waals surface area contributed by atoms with Gasteiger partial charge >= 0.3 is 0 Å². The lowest BCUT2D eigenvalue weighted by molar-refractivity contribution is 0.598. The Bertz CT molecular complexity index is 704. The molecule has 2 rings (SSSR count). The lowest BCUT2D eigenvalue weighted by atomic mass is 10.3. The van der Waals surface area contributed by atoms with Crippen LogP contribution in [0.25, 0.3) is 0 Å². The van der Waals surface area contributed by atoms with Crippen LogP contribution in [0.1, 0.15) is 0 Å². The molecule has 1 aromatic carbocycles. The number of nitrogen functional groups attached to an aromatic ring is 1. The van der Waals surface area contributed by atoms with Crippen molar-refractivity contribution in [2.24, 2.45) is 0 Å². The average molecular weight is 302 g/mol. The van der Waals surface area contributed by atoms with E-state index in [0.29, 0.717) is 0 Å². The van der Waals surface area contributed by atoms with Crippen molar-refractivity contribution in [2.75, 3.05) is 10.5 Å². The molecule has 0 radical (unpaired) electrons. The van der Waals surface area contributed by atoms with Crippen LogP contribution < -0.4 is 10.5 Å². The largest absolute Gasteiger partial charge is 0.384 e. The van der Waals surface area contributed by atoms with Gasteiger partial charge < -0.3 is 5.73 Å². The molecule has 0 fully saturated rings. The summed E-state index contributed by atoms with van der Waals surface area (Å²) in [5.41, 5.74) is 5.13. The fourth-order valence-corrected chi connectivity index (χ4v) is 2.52. The predicted octanol–water partition coefficient (Wildman–Crippen LogP) is 2.26. The van der Waals surface area contributed by atoms with Gasteiger partial charge in [-0.1, -0.05) is 17.7 Å². The molecule has 0 spiro atoms. The van der Waals surface area contributed by atoms with E-state index in [1.807, 2.05) is 0 Å². The van der Waals surface area contributed by atoms with Crippen LogP contribution in [0.2, 0.25) is 5.02 Å². The second-order valence-electron chi connectivity index (χ2n) is 3.63. The Morgan fingerprint density at radius 3 is 2.63 bits per heavy atom. The van der Waals surface area contributed by atoms with Gasteiger partial charge in [0.2, 0.25) is 0 Å². The summed E-state index contributed by atoms with van der Waals surface area (Å²) in [5, 5.41) is -0.171. The SMILES string of the molecule is Nc1ccc(S(=O)(=O)Nc2cccc(Cl)c2F)cn1. The smallest absolute Gasteiger partial charge is 0.263 e. The summed E-state index contributed by atoms with van der Waals surface area (Å²) in [6.45, 7) is 0. The number of sulfonamides is 1. The molecular weight excluding hydrogens is 293 g/mol. The van der Waals surface area contributed by atoms with E-state index < -0.39 is 15.8 Å². The highest BCUT2D eigenvalue weighted by atomic mass is 35.5. The molecule has 0 bridgehead atoms. The maximum atomic E-state index is 13.6. The lowest BCUT2D eigenvalue weighted by Gasteiger charge is -2.09. The minimum Gasteiger partial charge on any atom is -0.384 e. The molecule has 3 N–H and O–H groups in total. The number of anilines is 2. The third-order valence-corrected chi connectivity index (χ3v) is 3.91. The van der Waals surface area contributed by atoms with Crippen molar-refractivity contribution in [1.29, 1.82) is 0 Å². The third-order valence-electron chi connectivity index (χ3n) is 2.27. The maximum Gasteiger partial charge on any atom is 0.263 e. The molecular formula is C11H9ClFN3O2S. The molecule has 0 unspecified atom stereocenters. The van der Waals surface area contributed by atoms with Gasteiger partial charge in [0, 0.05) is 6.20 Å². The van der Waals surface area contributed by atoms with Crippen LogP contribution in [-0.4, -0.2) is 13.4 Å². The first-order chi connectivity index (χ1) is 8.90. The van der Waals surface area contributed by atoms with Gasteiger partial charge in [0.15, 0.2) is 5.82 Å². The van der Waals surface area contributed by atoms with Crippen LogP contribution in [0.15, 0.2) is 41.4 Å². The summed E-state index contributed by atoms with van der Waals surface area (Å²) in [4.78, 5) is 3.54. The van der Waals surface area contributed by atoms with Crippen LogP contribution in [0.4, 0.5) is 15.9 Å². The summed E-state index contributed by atoms with van der Waals surface area (Å²) in [6.07, 6.45) is 1.08. The molecule has 19 heavy (non-hydrogen) atoms. The summed E-state index contributed by atoms with van der Waals surface area (Å²) in [7, 11) is -3.94. The van der Waals surface area contributed by atoms with Gasteiger partial charge in [-0.25, -0.2) is 17.8 Å². The van der Waals surface area contributed by atoms with Crippen LogP contribution in [0.3, 0.4) is 0 Å². The van der Waals surface area contributed by atoms with Gasteiger partial charge in [-0.15, -0.1) is 0 Å². The van der Waals surface area contributed by atoms with E-state index in [1.165, 1.54) is 30.3 Å². The van der Waals surface area contributed by atoms with Gasteiger partial charge in [0.05, 0.1) is 10.7 Å². The minimum atomic E-state index is -3.94. The quantitative estimate of drug-likeness (QED) is 0.910. The van der Waals surface area contributed by atoms with E-state index in [-0.39, 0.29) is 21.4 Å². The highest BCUT2D eigenvalue weighted by Crippen LogP contribution is 2.24. The van der Waals surface area contributed by atoms with E-state index >= 15 is 0 Å². The molecule has 0 aliphatic heterocycles. The predicted molar refractivity (Wildman–Crippen MR) is 70.9 cm³/mol. The van der Waals surface area contributed by atoms with Crippen molar-refractivity contribution in [3.63, 3.8) is 0 Å². The molecule has 1 heterocycles. The maximum absolute atomic E-state index is 13.6. The second-order valence-corrected chi connectivity index (χ2v) is 5.72. The molecule has 0 atom stereocenters. The molecule has 1 aromatic heterocycles. The number of nitrogens with one attached hydrogen (secondary N) is 1. The number of hydrogen-bond acceptors (Lipinski definition) is 4. The number of benzene rings is 1. The van der Waals surface area contributed by atoms with Crippen LogP contribution in [0.5, 0.6) is 0 Å². The number of halogens is 2. The van der Waals surface area contributed by atoms with Gasteiger partial charge in [-0.3, -0.25) is 4.72 Å². The highest BCUT2D eigenvalue weighted by Gasteiger charge is 2.17. The zero-order valence-electron chi connectivity index (χ0n) is 9.47. The van der Waals surface area contributed by atoms with Gasteiger partial charge in [-0.2, -0.15) is 0 Å². The molecule has 8 heteroatoms. The van der Waals surface area contributed by atoms with Gasteiger partial charge in [0.1, 0.15) is 10.7 Å². The Labute approximate surface area is 114 Å². The summed E-state index contributed by atoms with van der Waals surface area (Å²) in [6, 6.07) is 6.63. The van der Waals surface area contributed by atoms with Crippen LogP contribution in [-0.2, 0) is 10.0 Å². The molecule has 0 amide bonds. The molecule has 100 valence electrons. The van der Waals surface area contributed by atoms with Crippen molar-refractivity contribution >= 4 is 33.1 Å². The van der Waals surface area contributed by atoms with Crippen molar-refractivity contribution in [1.82, 2.24) is 4.98 Å². The van der Waals surface area contributed by atoms with E-state index in [0.717, 1.165) is 6.20 Å². The summed E-state index contributed by atoms with van der Waals surface area (Å²) < 4.78 is 39.7. The van der Waals surface area contributed by atoms with E-state index in [1.54, 1.807) is 0 Å². The lowest BCUT2D eigenvalue weighted by Crippen LogP contribution is -2.14.